The number of amides is 1. The molecule has 24 heavy (non-hydrogen) atoms. The number of rotatable bonds is 4. The number of nitrogens with zero attached hydrogens (tertiary/aromatic N) is 1. The van der Waals surface area contributed by atoms with Crippen LogP contribution < -0.4 is 10.1 Å². The lowest BCUT2D eigenvalue weighted by molar-refractivity contribution is -0.385. The van der Waals surface area contributed by atoms with Gasteiger partial charge in [-0.3, -0.25) is 14.9 Å². The molecule has 0 saturated heterocycles. The second-order valence-corrected chi connectivity index (χ2v) is 5.46. The predicted octanol–water partition coefficient (Wildman–Crippen LogP) is 2.70. The third kappa shape index (κ3) is 3.21. The van der Waals surface area contributed by atoms with Gasteiger partial charge < -0.3 is 14.8 Å². The lowest BCUT2D eigenvalue weighted by Crippen LogP contribution is -2.25. The Bertz CT molecular complexity index is 804. The molecule has 2 aromatic carbocycles. The number of aryl methyl sites for hydroxylation is 1. The van der Waals surface area contributed by atoms with Gasteiger partial charge in [0.2, 0.25) is 0 Å². The average molecular weight is 328 g/mol. The number of non-ortho nitro benzene ring substituents is 1. The van der Waals surface area contributed by atoms with Gasteiger partial charge in [-0.25, -0.2) is 0 Å². The van der Waals surface area contributed by atoms with Gasteiger partial charge in [-0.15, -0.1) is 0 Å². The summed E-state index contributed by atoms with van der Waals surface area (Å²) in [4.78, 5) is 22.9. The van der Waals surface area contributed by atoms with Gasteiger partial charge in [0.05, 0.1) is 11.5 Å². The summed E-state index contributed by atoms with van der Waals surface area (Å²) in [5.41, 5.74) is 2.55. The molecule has 2 aromatic rings. The van der Waals surface area contributed by atoms with Crippen molar-refractivity contribution in [2.75, 3.05) is 6.79 Å². The highest BCUT2D eigenvalue weighted by atomic mass is 16.7. The van der Waals surface area contributed by atoms with Crippen molar-refractivity contribution in [1.29, 1.82) is 0 Å². The number of nitro benzene ring substituents is 1. The second-order valence-electron chi connectivity index (χ2n) is 5.46. The van der Waals surface area contributed by atoms with Crippen molar-refractivity contribution in [3.05, 3.63) is 68.8 Å². The topological polar surface area (TPSA) is 90.7 Å². The van der Waals surface area contributed by atoms with E-state index < -0.39 is 4.92 Å². The number of carbonyl (C=O) groups is 1. The molecule has 1 aliphatic heterocycles. The van der Waals surface area contributed by atoms with Crippen LogP contribution in [0.15, 0.2) is 36.4 Å². The summed E-state index contributed by atoms with van der Waals surface area (Å²) in [6.07, 6.45) is 0. The molecule has 3 rings (SSSR count). The lowest BCUT2D eigenvalue weighted by Gasteiger charge is -2.20. The average Bonchev–Trinajstić information content (AvgIpc) is 2.59. The molecule has 0 fully saturated rings. The van der Waals surface area contributed by atoms with Crippen molar-refractivity contribution in [2.24, 2.45) is 0 Å². The van der Waals surface area contributed by atoms with Gasteiger partial charge in [-0.2, -0.15) is 0 Å². The third-order valence-electron chi connectivity index (χ3n) is 3.81. The summed E-state index contributed by atoms with van der Waals surface area (Å²) in [7, 11) is 0. The molecule has 0 saturated carbocycles. The van der Waals surface area contributed by atoms with Crippen molar-refractivity contribution >= 4 is 11.6 Å². The minimum absolute atomic E-state index is 0.0528. The van der Waals surface area contributed by atoms with E-state index in [-0.39, 0.29) is 31.5 Å². The Morgan fingerprint density at radius 1 is 1.33 bits per heavy atom. The number of hydrogen-bond donors (Lipinski definition) is 1. The quantitative estimate of drug-likeness (QED) is 0.688. The highest BCUT2D eigenvalue weighted by molar-refractivity contribution is 5.95. The Balaban J connectivity index is 1.84. The summed E-state index contributed by atoms with van der Waals surface area (Å²) >= 11 is 0. The fourth-order valence-corrected chi connectivity index (χ4v) is 2.62. The maximum Gasteiger partial charge on any atom is 0.270 e. The van der Waals surface area contributed by atoms with Crippen molar-refractivity contribution in [3.63, 3.8) is 0 Å². The van der Waals surface area contributed by atoms with Gasteiger partial charge in [0, 0.05) is 35.4 Å². The number of benzene rings is 2. The normalized spacial score (nSPS) is 12.9. The second kappa shape index (κ2) is 6.67. The van der Waals surface area contributed by atoms with E-state index in [1.165, 1.54) is 12.1 Å². The van der Waals surface area contributed by atoms with Crippen LogP contribution in [0.4, 0.5) is 5.69 Å². The number of fused-ring (bicyclic) bond motifs is 1. The summed E-state index contributed by atoms with van der Waals surface area (Å²) in [6.45, 7) is 2.32. The predicted molar refractivity (Wildman–Crippen MR) is 85.7 cm³/mol. The Morgan fingerprint density at radius 2 is 2.12 bits per heavy atom. The maximum atomic E-state index is 12.3. The Labute approximate surface area is 138 Å². The first-order valence-electron chi connectivity index (χ1n) is 7.41. The van der Waals surface area contributed by atoms with Crippen LogP contribution in [-0.4, -0.2) is 17.6 Å². The van der Waals surface area contributed by atoms with Crippen molar-refractivity contribution in [1.82, 2.24) is 5.32 Å². The van der Waals surface area contributed by atoms with Gasteiger partial charge in [-0.1, -0.05) is 18.2 Å². The molecule has 1 N–H and O–H groups in total. The zero-order valence-corrected chi connectivity index (χ0v) is 13.1. The molecular formula is C17H16N2O5. The van der Waals surface area contributed by atoms with E-state index in [4.69, 9.17) is 9.47 Å². The number of nitro groups is 1. The molecule has 0 aromatic heterocycles. The first-order valence-corrected chi connectivity index (χ1v) is 7.41. The van der Waals surface area contributed by atoms with Crippen LogP contribution in [0.1, 0.15) is 27.0 Å². The highest BCUT2D eigenvalue weighted by Gasteiger charge is 2.21. The minimum atomic E-state index is -0.471. The molecule has 1 aliphatic rings. The number of nitrogens with one attached hydrogen (secondary N) is 1. The zero-order chi connectivity index (χ0) is 17.1. The molecule has 1 amide bonds. The molecule has 1 heterocycles. The SMILES string of the molecule is Cc1ccccc1C(=O)NCc1cc([N+](=O)[O-])cc2c1OCOC2. The van der Waals surface area contributed by atoms with Gasteiger partial charge in [0.1, 0.15) is 5.75 Å². The van der Waals surface area contributed by atoms with Gasteiger partial charge in [0.15, 0.2) is 6.79 Å². The van der Waals surface area contributed by atoms with E-state index in [0.717, 1.165) is 5.56 Å². The molecule has 0 aliphatic carbocycles. The Morgan fingerprint density at radius 3 is 2.88 bits per heavy atom. The van der Waals surface area contributed by atoms with E-state index in [1.54, 1.807) is 12.1 Å². The summed E-state index contributed by atoms with van der Waals surface area (Å²) in [5, 5.41) is 13.9. The molecule has 124 valence electrons. The molecular weight excluding hydrogens is 312 g/mol. The Kier molecular flexibility index (Phi) is 4.43. The van der Waals surface area contributed by atoms with E-state index in [1.807, 2.05) is 19.1 Å². The van der Waals surface area contributed by atoms with Crippen LogP contribution in [0, 0.1) is 17.0 Å². The van der Waals surface area contributed by atoms with Gasteiger partial charge in [0.25, 0.3) is 11.6 Å². The van der Waals surface area contributed by atoms with Crippen molar-refractivity contribution in [3.8, 4) is 5.75 Å². The van der Waals surface area contributed by atoms with Crippen molar-refractivity contribution < 1.29 is 19.2 Å². The smallest absolute Gasteiger partial charge is 0.270 e. The zero-order valence-electron chi connectivity index (χ0n) is 13.1. The molecule has 0 atom stereocenters. The van der Waals surface area contributed by atoms with Crippen molar-refractivity contribution in [2.45, 2.75) is 20.1 Å². The molecule has 0 unspecified atom stereocenters. The first-order chi connectivity index (χ1) is 11.6. The number of hydrogen-bond acceptors (Lipinski definition) is 5. The van der Waals surface area contributed by atoms with Gasteiger partial charge >= 0.3 is 0 Å². The molecule has 0 spiro atoms. The summed E-state index contributed by atoms with van der Waals surface area (Å²) in [5.74, 6) is 0.303. The monoisotopic (exact) mass is 328 g/mol. The summed E-state index contributed by atoms with van der Waals surface area (Å²) < 4.78 is 10.6. The number of ether oxygens (including phenoxy) is 2. The summed E-state index contributed by atoms with van der Waals surface area (Å²) in [6, 6.07) is 10.1. The highest BCUT2D eigenvalue weighted by Crippen LogP contribution is 2.32. The lowest BCUT2D eigenvalue weighted by atomic mass is 10.1. The third-order valence-corrected chi connectivity index (χ3v) is 3.81. The first kappa shape index (κ1) is 15.9. The van der Waals surface area contributed by atoms with Gasteiger partial charge in [-0.05, 0) is 18.6 Å². The van der Waals surface area contributed by atoms with E-state index in [9.17, 15) is 14.9 Å². The van der Waals surface area contributed by atoms with Crippen LogP contribution in [0.25, 0.3) is 0 Å². The fraction of sp³-hybridized carbons (Fsp3) is 0.235. The van der Waals surface area contributed by atoms with Crippen LogP contribution >= 0.6 is 0 Å². The van der Waals surface area contributed by atoms with Crippen LogP contribution in [0.2, 0.25) is 0 Å². The van der Waals surface area contributed by atoms with Crippen LogP contribution in [-0.2, 0) is 17.9 Å². The standard InChI is InChI=1S/C17H16N2O5/c1-11-4-2-3-5-15(11)17(20)18-8-12-6-14(19(21)22)7-13-9-23-10-24-16(12)13/h2-7H,8-10H2,1H3,(H,18,20). The van der Waals surface area contributed by atoms with E-state index in [0.29, 0.717) is 22.4 Å². The molecule has 7 heteroatoms. The van der Waals surface area contributed by atoms with E-state index in [2.05, 4.69) is 5.32 Å². The van der Waals surface area contributed by atoms with Crippen LogP contribution in [0.3, 0.4) is 0 Å². The largest absolute Gasteiger partial charge is 0.467 e. The molecule has 7 nitrogen and oxygen atoms in total. The minimum Gasteiger partial charge on any atom is -0.467 e. The maximum absolute atomic E-state index is 12.3. The van der Waals surface area contributed by atoms with Crippen LogP contribution in [0.5, 0.6) is 5.75 Å². The number of carbonyl (C=O) groups excluding carboxylic acids is 1. The Hall–Kier alpha value is -2.93. The molecule has 0 radical (unpaired) electrons. The molecule has 0 bridgehead atoms. The fourth-order valence-electron chi connectivity index (χ4n) is 2.62. The van der Waals surface area contributed by atoms with E-state index >= 15 is 0 Å².